The number of rotatable bonds is 7. The van der Waals surface area contributed by atoms with Crippen molar-refractivity contribution in [2.45, 2.75) is 31.9 Å². The Hall–Kier alpha value is -2.18. The zero-order valence-electron chi connectivity index (χ0n) is 13.9. The lowest BCUT2D eigenvalue weighted by atomic mass is 10.1. The standard InChI is InChI=1S/C18H23N3O3/c1-14(20-18(22)12-23-11-17-6-3-9-24-17)15-4-2-5-16(10-15)21-8-7-19-13-21/h2,4-5,7-8,10,13-14,17H,3,6,9,11-12H2,1H3,(H,20,22)/t14-,17+/m1/s1. The highest BCUT2D eigenvalue weighted by molar-refractivity contribution is 5.77. The number of imidazole rings is 1. The predicted octanol–water partition coefficient (Wildman–Crippen LogP) is 2.25. The van der Waals surface area contributed by atoms with Crippen molar-refractivity contribution >= 4 is 5.91 Å². The topological polar surface area (TPSA) is 65.4 Å². The molecule has 0 unspecified atom stereocenters. The molecule has 0 radical (unpaired) electrons. The number of ether oxygens (including phenoxy) is 2. The van der Waals surface area contributed by atoms with Gasteiger partial charge in [0.1, 0.15) is 6.61 Å². The fourth-order valence-electron chi connectivity index (χ4n) is 2.79. The highest BCUT2D eigenvalue weighted by atomic mass is 16.5. The molecule has 24 heavy (non-hydrogen) atoms. The third kappa shape index (κ3) is 4.43. The summed E-state index contributed by atoms with van der Waals surface area (Å²) in [6.07, 6.45) is 7.61. The Balaban J connectivity index is 1.49. The van der Waals surface area contributed by atoms with E-state index < -0.39 is 0 Å². The van der Waals surface area contributed by atoms with E-state index in [1.807, 2.05) is 42.0 Å². The van der Waals surface area contributed by atoms with Gasteiger partial charge in [-0.3, -0.25) is 4.79 Å². The largest absolute Gasteiger partial charge is 0.376 e. The van der Waals surface area contributed by atoms with Gasteiger partial charge in [-0.2, -0.15) is 0 Å². The Labute approximate surface area is 141 Å². The third-order valence-corrected chi connectivity index (χ3v) is 4.11. The molecular formula is C18H23N3O3. The summed E-state index contributed by atoms with van der Waals surface area (Å²) in [5, 5.41) is 2.96. The second-order valence-corrected chi connectivity index (χ2v) is 6.00. The lowest BCUT2D eigenvalue weighted by Crippen LogP contribution is -2.31. The van der Waals surface area contributed by atoms with Crippen molar-refractivity contribution in [3.05, 3.63) is 48.5 Å². The number of nitrogens with one attached hydrogen (secondary N) is 1. The first kappa shape index (κ1) is 16.7. The molecule has 1 aromatic heterocycles. The monoisotopic (exact) mass is 329 g/mol. The minimum atomic E-state index is -0.117. The van der Waals surface area contributed by atoms with Crippen molar-refractivity contribution < 1.29 is 14.3 Å². The first-order valence-electron chi connectivity index (χ1n) is 8.29. The maximum Gasteiger partial charge on any atom is 0.246 e. The molecule has 1 N–H and O–H groups in total. The Kier molecular flexibility index (Phi) is 5.61. The fourth-order valence-corrected chi connectivity index (χ4v) is 2.79. The Morgan fingerprint density at radius 1 is 1.54 bits per heavy atom. The van der Waals surface area contributed by atoms with Crippen LogP contribution in [0.4, 0.5) is 0 Å². The first-order chi connectivity index (χ1) is 11.7. The quantitative estimate of drug-likeness (QED) is 0.846. The molecular weight excluding hydrogens is 306 g/mol. The average molecular weight is 329 g/mol. The van der Waals surface area contributed by atoms with Crippen LogP contribution in [0.25, 0.3) is 5.69 Å². The van der Waals surface area contributed by atoms with Crippen molar-refractivity contribution in [2.75, 3.05) is 19.8 Å². The van der Waals surface area contributed by atoms with Crippen molar-refractivity contribution in [3.63, 3.8) is 0 Å². The molecule has 1 aliphatic heterocycles. The van der Waals surface area contributed by atoms with Crippen LogP contribution in [0, 0.1) is 0 Å². The van der Waals surface area contributed by atoms with Crippen molar-refractivity contribution in [2.24, 2.45) is 0 Å². The normalized spacial score (nSPS) is 18.5. The molecule has 1 amide bonds. The Morgan fingerprint density at radius 2 is 2.46 bits per heavy atom. The van der Waals surface area contributed by atoms with Gasteiger partial charge in [-0.15, -0.1) is 0 Å². The molecule has 1 fully saturated rings. The van der Waals surface area contributed by atoms with Crippen LogP contribution in [0.2, 0.25) is 0 Å². The van der Waals surface area contributed by atoms with Crippen LogP contribution in [-0.2, 0) is 14.3 Å². The summed E-state index contributed by atoms with van der Waals surface area (Å²) in [6, 6.07) is 7.93. The lowest BCUT2D eigenvalue weighted by molar-refractivity contribution is -0.127. The molecule has 0 bridgehead atoms. The lowest BCUT2D eigenvalue weighted by Gasteiger charge is -2.16. The van der Waals surface area contributed by atoms with Gasteiger partial charge in [0, 0.05) is 24.7 Å². The summed E-state index contributed by atoms with van der Waals surface area (Å²) in [6.45, 7) is 3.30. The van der Waals surface area contributed by atoms with Gasteiger partial charge in [-0.1, -0.05) is 12.1 Å². The maximum absolute atomic E-state index is 12.0. The Morgan fingerprint density at radius 3 is 3.21 bits per heavy atom. The molecule has 128 valence electrons. The van der Waals surface area contributed by atoms with E-state index >= 15 is 0 Å². The van der Waals surface area contributed by atoms with E-state index in [1.54, 1.807) is 12.5 Å². The second-order valence-electron chi connectivity index (χ2n) is 6.00. The number of benzene rings is 1. The van der Waals surface area contributed by atoms with E-state index in [0.29, 0.717) is 6.61 Å². The van der Waals surface area contributed by atoms with E-state index in [1.165, 1.54) is 0 Å². The zero-order chi connectivity index (χ0) is 16.8. The van der Waals surface area contributed by atoms with Gasteiger partial charge in [0.15, 0.2) is 0 Å². The van der Waals surface area contributed by atoms with E-state index in [-0.39, 0.29) is 24.7 Å². The van der Waals surface area contributed by atoms with Crippen LogP contribution in [0.1, 0.15) is 31.4 Å². The highest BCUT2D eigenvalue weighted by Crippen LogP contribution is 2.17. The van der Waals surface area contributed by atoms with Crippen molar-refractivity contribution in [1.82, 2.24) is 14.9 Å². The van der Waals surface area contributed by atoms with E-state index in [2.05, 4.69) is 10.3 Å². The zero-order valence-corrected chi connectivity index (χ0v) is 13.9. The smallest absolute Gasteiger partial charge is 0.246 e. The molecule has 2 atom stereocenters. The maximum atomic E-state index is 12.0. The van der Waals surface area contributed by atoms with Crippen LogP contribution in [-0.4, -0.2) is 41.4 Å². The molecule has 2 aromatic rings. The van der Waals surface area contributed by atoms with Crippen LogP contribution in [0.15, 0.2) is 43.0 Å². The van der Waals surface area contributed by atoms with Crippen LogP contribution in [0.3, 0.4) is 0 Å². The minimum absolute atomic E-state index is 0.0609. The van der Waals surface area contributed by atoms with Crippen LogP contribution in [0.5, 0.6) is 0 Å². The summed E-state index contributed by atoms with van der Waals surface area (Å²) in [5.41, 5.74) is 2.05. The van der Waals surface area contributed by atoms with E-state index in [0.717, 1.165) is 30.7 Å². The average Bonchev–Trinajstić information content (AvgIpc) is 3.29. The highest BCUT2D eigenvalue weighted by Gasteiger charge is 2.16. The second kappa shape index (κ2) is 8.08. The number of nitrogens with zero attached hydrogens (tertiary/aromatic N) is 2. The van der Waals surface area contributed by atoms with Crippen molar-refractivity contribution in [3.8, 4) is 5.69 Å². The fraction of sp³-hybridized carbons (Fsp3) is 0.444. The number of hydrogen-bond donors (Lipinski definition) is 1. The van der Waals surface area contributed by atoms with Gasteiger partial charge >= 0.3 is 0 Å². The SMILES string of the molecule is C[C@@H](NC(=O)COC[C@@H]1CCCO1)c1cccc(-n2ccnc2)c1. The molecule has 1 saturated heterocycles. The van der Waals surface area contributed by atoms with Gasteiger partial charge in [-0.05, 0) is 37.5 Å². The molecule has 6 nitrogen and oxygen atoms in total. The van der Waals surface area contributed by atoms with Gasteiger partial charge < -0.3 is 19.4 Å². The number of hydrogen-bond acceptors (Lipinski definition) is 4. The molecule has 0 aliphatic carbocycles. The minimum Gasteiger partial charge on any atom is -0.376 e. The summed E-state index contributed by atoms with van der Waals surface area (Å²) in [5.74, 6) is -0.117. The summed E-state index contributed by atoms with van der Waals surface area (Å²) in [4.78, 5) is 16.1. The first-order valence-corrected chi connectivity index (χ1v) is 8.29. The van der Waals surface area contributed by atoms with Crippen LogP contribution >= 0.6 is 0 Å². The molecule has 6 heteroatoms. The molecule has 0 spiro atoms. The summed E-state index contributed by atoms with van der Waals surface area (Å²) in [7, 11) is 0. The van der Waals surface area contributed by atoms with Gasteiger partial charge in [0.05, 0.1) is 25.1 Å². The van der Waals surface area contributed by atoms with Gasteiger partial charge in [-0.25, -0.2) is 4.98 Å². The van der Waals surface area contributed by atoms with E-state index in [4.69, 9.17) is 9.47 Å². The van der Waals surface area contributed by atoms with Crippen molar-refractivity contribution in [1.29, 1.82) is 0 Å². The number of aromatic nitrogens is 2. The molecule has 1 aromatic carbocycles. The third-order valence-electron chi connectivity index (χ3n) is 4.11. The number of amides is 1. The van der Waals surface area contributed by atoms with E-state index in [9.17, 15) is 4.79 Å². The number of carbonyl (C=O) groups is 1. The molecule has 1 aliphatic rings. The summed E-state index contributed by atoms with van der Waals surface area (Å²) < 4.78 is 12.9. The molecule has 0 saturated carbocycles. The Bertz CT molecular complexity index is 651. The predicted molar refractivity (Wildman–Crippen MR) is 89.9 cm³/mol. The number of carbonyl (C=O) groups excluding carboxylic acids is 1. The van der Waals surface area contributed by atoms with Gasteiger partial charge in [0.2, 0.25) is 5.91 Å². The summed E-state index contributed by atoms with van der Waals surface area (Å²) >= 11 is 0. The molecule has 3 rings (SSSR count). The molecule has 2 heterocycles. The van der Waals surface area contributed by atoms with Crippen LogP contribution < -0.4 is 5.32 Å². The van der Waals surface area contributed by atoms with Gasteiger partial charge in [0.25, 0.3) is 0 Å².